The van der Waals surface area contributed by atoms with Crippen molar-refractivity contribution in [2.75, 3.05) is 33.3 Å². The number of hydrogen-bond acceptors (Lipinski definition) is 5. The van der Waals surface area contributed by atoms with Crippen LogP contribution in [-0.2, 0) is 14.3 Å². The van der Waals surface area contributed by atoms with Crippen LogP contribution in [0.2, 0.25) is 0 Å². The Morgan fingerprint density at radius 1 is 1.32 bits per heavy atom. The summed E-state index contributed by atoms with van der Waals surface area (Å²) in [7, 11) is 1.66. The maximum Gasteiger partial charge on any atom is 0.317 e. The van der Waals surface area contributed by atoms with Gasteiger partial charge in [-0.3, -0.25) is 14.5 Å². The van der Waals surface area contributed by atoms with Crippen LogP contribution in [0.1, 0.15) is 32.1 Å². The SMILES string of the molecule is CN(CC(=O)O)[C@@H]1CN(C(=O)CC[C@H]2CCCCO2)C[C@H]1O. The van der Waals surface area contributed by atoms with Gasteiger partial charge in [-0.15, -0.1) is 0 Å². The first-order valence-electron chi connectivity index (χ1n) is 7.97. The fourth-order valence-corrected chi connectivity index (χ4v) is 3.21. The molecule has 22 heavy (non-hydrogen) atoms. The summed E-state index contributed by atoms with van der Waals surface area (Å²) in [5.74, 6) is -0.923. The van der Waals surface area contributed by atoms with Crippen molar-refractivity contribution < 1.29 is 24.5 Å². The number of ether oxygens (including phenoxy) is 1. The molecule has 0 saturated carbocycles. The van der Waals surface area contributed by atoms with E-state index in [0.717, 1.165) is 32.3 Å². The molecule has 2 saturated heterocycles. The van der Waals surface area contributed by atoms with Crippen molar-refractivity contribution in [2.45, 2.75) is 50.4 Å². The molecule has 2 heterocycles. The molecule has 7 nitrogen and oxygen atoms in total. The Balaban J connectivity index is 1.77. The monoisotopic (exact) mass is 314 g/mol. The van der Waals surface area contributed by atoms with Crippen LogP contribution in [0.4, 0.5) is 0 Å². The van der Waals surface area contributed by atoms with Crippen LogP contribution >= 0.6 is 0 Å². The van der Waals surface area contributed by atoms with Crippen LogP contribution in [0.3, 0.4) is 0 Å². The molecule has 3 atom stereocenters. The number of carbonyl (C=O) groups is 2. The van der Waals surface area contributed by atoms with Gasteiger partial charge in [-0.05, 0) is 32.7 Å². The van der Waals surface area contributed by atoms with Crippen molar-refractivity contribution in [3.63, 3.8) is 0 Å². The first-order valence-corrected chi connectivity index (χ1v) is 7.97. The van der Waals surface area contributed by atoms with Gasteiger partial charge in [-0.25, -0.2) is 0 Å². The fraction of sp³-hybridized carbons (Fsp3) is 0.867. The molecule has 2 aliphatic heterocycles. The highest BCUT2D eigenvalue weighted by Gasteiger charge is 2.36. The van der Waals surface area contributed by atoms with E-state index in [4.69, 9.17) is 9.84 Å². The van der Waals surface area contributed by atoms with Gasteiger partial charge >= 0.3 is 5.97 Å². The molecule has 0 aromatic rings. The van der Waals surface area contributed by atoms with E-state index in [1.165, 1.54) is 0 Å². The Morgan fingerprint density at radius 2 is 2.09 bits per heavy atom. The lowest BCUT2D eigenvalue weighted by molar-refractivity contribution is -0.138. The molecule has 2 rings (SSSR count). The van der Waals surface area contributed by atoms with Gasteiger partial charge in [0.05, 0.1) is 24.8 Å². The first kappa shape index (κ1) is 17.2. The van der Waals surface area contributed by atoms with Gasteiger partial charge in [0.1, 0.15) is 0 Å². The Kier molecular flexibility index (Phi) is 6.16. The number of carboxylic acids is 1. The first-order chi connectivity index (χ1) is 10.5. The third-order valence-corrected chi connectivity index (χ3v) is 4.52. The number of carbonyl (C=O) groups excluding carboxylic acids is 1. The molecule has 0 spiro atoms. The third kappa shape index (κ3) is 4.66. The van der Waals surface area contributed by atoms with Crippen LogP contribution in [0.5, 0.6) is 0 Å². The van der Waals surface area contributed by atoms with Crippen molar-refractivity contribution >= 4 is 11.9 Å². The number of nitrogens with zero attached hydrogens (tertiary/aromatic N) is 2. The highest BCUT2D eigenvalue weighted by molar-refractivity contribution is 5.76. The van der Waals surface area contributed by atoms with Gasteiger partial charge in [-0.1, -0.05) is 0 Å². The molecule has 2 aliphatic rings. The normalized spacial score (nSPS) is 29.0. The highest BCUT2D eigenvalue weighted by atomic mass is 16.5. The second-order valence-corrected chi connectivity index (χ2v) is 6.27. The lowest BCUT2D eigenvalue weighted by Crippen LogP contribution is -2.43. The number of likely N-dealkylation sites (tertiary alicyclic amines) is 1. The standard InChI is InChI=1S/C15H26N2O5/c1-16(10-15(20)21)12-8-17(9-13(12)18)14(19)6-5-11-4-2-3-7-22-11/h11-13,18H,2-10H2,1H3,(H,20,21)/t11-,12-,13-/m1/s1. The molecule has 126 valence electrons. The van der Waals surface area contributed by atoms with Crippen molar-refractivity contribution in [3.05, 3.63) is 0 Å². The van der Waals surface area contributed by atoms with Gasteiger partial charge in [-0.2, -0.15) is 0 Å². The van der Waals surface area contributed by atoms with Gasteiger partial charge in [0.15, 0.2) is 0 Å². The van der Waals surface area contributed by atoms with Crippen LogP contribution in [0, 0.1) is 0 Å². The Hall–Kier alpha value is -1.18. The minimum Gasteiger partial charge on any atom is -0.480 e. The van der Waals surface area contributed by atoms with E-state index in [0.29, 0.717) is 13.0 Å². The van der Waals surface area contributed by atoms with Crippen molar-refractivity contribution in [3.8, 4) is 0 Å². The summed E-state index contributed by atoms with van der Waals surface area (Å²) >= 11 is 0. The number of aliphatic carboxylic acids is 1. The highest BCUT2D eigenvalue weighted by Crippen LogP contribution is 2.20. The van der Waals surface area contributed by atoms with E-state index in [2.05, 4.69) is 0 Å². The Bertz CT molecular complexity index is 397. The van der Waals surface area contributed by atoms with Crippen molar-refractivity contribution in [2.24, 2.45) is 0 Å². The second kappa shape index (κ2) is 7.89. The molecule has 0 unspecified atom stereocenters. The minimum atomic E-state index is -0.936. The molecule has 0 aliphatic carbocycles. The Labute approximate surface area is 130 Å². The molecular formula is C15H26N2O5. The number of carboxylic acid groups (broad SMARTS) is 1. The predicted octanol–water partition coefficient (Wildman–Crippen LogP) is -0.0762. The molecule has 0 bridgehead atoms. The van der Waals surface area contributed by atoms with E-state index in [-0.39, 0.29) is 31.1 Å². The van der Waals surface area contributed by atoms with Crippen molar-refractivity contribution in [1.29, 1.82) is 0 Å². The summed E-state index contributed by atoms with van der Waals surface area (Å²) < 4.78 is 5.62. The van der Waals surface area contributed by atoms with Gasteiger partial charge in [0.25, 0.3) is 0 Å². The number of β-amino-alcohol motifs (C(OH)–C–C–N with tert-alkyl or cyclic N) is 1. The maximum atomic E-state index is 12.2. The molecule has 2 N–H and O–H groups in total. The number of aliphatic hydroxyl groups excluding tert-OH is 1. The zero-order valence-corrected chi connectivity index (χ0v) is 13.1. The molecule has 0 radical (unpaired) electrons. The average molecular weight is 314 g/mol. The van der Waals surface area contributed by atoms with E-state index >= 15 is 0 Å². The number of likely N-dealkylation sites (N-methyl/N-ethyl adjacent to an activating group) is 1. The van der Waals surface area contributed by atoms with E-state index in [1.54, 1.807) is 16.8 Å². The predicted molar refractivity (Wildman–Crippen MR) is 79.5 cm³/mol. The molecular weight excluding hydrogens is 288 g/mol. The number of aliphatic hydroxyl groups is 1. The average Bonchev–Trinajstić information content (AvgIpc) is 2.87. The minimum absolute atomic E-state index is 0.0134. The summed E-state index contributed by atoms with van der Waals surface area (Å²) in [4.78, 5) is 26.2. The van der Waals surface area contributed by atoms with E-state index in [9.17, 15) is 14.7 Å². The summed E-state index contributed by atoms with van der Waals surface area (Å²) in [6.45, 7) is 1.30. The Morgan fingerprint density at radius 3 is 2.73 bits per heavy atom. The number of hydrogen-bond donors (Lipinski definition) is 2. The molecule has 1 amide bonds. The lowest BCUT2D eigenvalue weighted by Gasteiger charge is -2.25. The second-order valence-electron chi connectivity index (χ2n) is 6.27. The van der Waals surface area contributed by atoms with E-state index in [1.807, 2.05) is 0 Å². The smallest absolute Gasteiger partial charge is 0.317 e. The summed E-state index contributed by atoms with van der Waals surface area (Å²) in [5.41, 5.74) is 0. The summed E-state index contributed by atoms with van der Waals surface area (Å²) in [6, 6.07) is -0.314. The van der Waals surface area contributed by atoms with Crippen LogP contribution in [0.15, 0.2) is 0 Å². The van der Waals surface area contributed by atoms with Gasteiger partial charge in [0.2, 0.25) is 5.91 Å². The van der Waals surface area contributed by atoms with Crippen LogP contribution in [-0.4, -0.2) is 83.4 Å². The zero-order chi connectivity index (χ0) is 16.1. The number of rotatable bonds is 6. The van der Waals surface area contributed by atoms with E-state index < -0.39 is 12.1 Å². The van der Waals surface area contributed by atoms with Crippen molar-refractivity contribution in [1.82, 2.24) is 9.80 Å². The number of amides is 1. The van der Waals surface area contributed by atoms with Gasteiger partial charge < -0.3 is 19.8 Å². The molecule has 2 fully saturated rings. The maximum absolute atomic E-state index is 12.2. The molecule has 0 aromatic carbocycles. The lowest BCUT2D eigenvalue weighted by atomic mass is 10.0. The third-order valence-electron chi connectivity index (χ3n) is 4.52. The van der Waals surface area contributed by atoms with Gasteiger partial charge in [0, 0.05) is 26.1 Å². The molecule has 0 aromatic heterocycles. The topological polar surface area (TPSA) is 90.3 Å². The summed E-state index contributed by atoms with van der Waals surface area (Å²) in [5, 5.41) is 18.9. The quantitative estimate of drug-likeness (QED) is 0.713. The summed E-state index contributed by atoms with van der Waals surface area (Å²) in [6.07, 6.45) is 3.90. The molecule has 7 heteroatoms. The zero-order valence-electron chi connectivity index (χ0n) is 13.1. The van der Waals surface area contributed by atoms with Crippen LogP contribution in [0.25, 0.3) is 0 Å². The largest absolute Gasteiger partial charge is 0.480 e. The fourth-order valence-electron chi connectivity index (χ4n) is 3.21. The van der Waals surface area contributed by atoms with Crippen LogP contribution < -0.4 is 0 Å².